The molecule has 0 aliphatic carbocycles. The molecule has 0 spiro atoms. The molecule has 2 aromatic heterocycles. The first-order valence-corrected chi connectivity index (χ1v) is 6.29. The molecule has 0 aliphatic heterocycles. The van der Waals surface area contributed by atoms with Gasteiger partial charge < -0.3 is 5.32 Å². The normalized spacial score (nSPS) is 10.4. The topological polar surface area (TPSA) is 24.9 Å². The van der Waals surface area contributed by atoms with Gasteiger partial charge in [-0.25, -0.2) is 4.98 Å². The minimum absolute atomic E-state index is 1.01. The van der Waals surface area contributed by atoms with E-state index in [1.807, 2.05) is 18.4 Å². The zero-order valence-corrected chi connectivity index (χ0v) is 9.62. The van der Waals surface area contributed by atoms with Crippen molar-refractivity contribution in [3.63, 3.8) is 0 Å². The second kappa shape index (κ2) is 4.57. The summed E-state index contributed by atoms with van der Waals surface area (Å²) >= 11 is 3.48. The van der Waals surface area contributed by atoms with Gasteiger partial charge in [0.15, 0.2) is 5.13 Å². The average molecular weight is 224 g/mol. The van der Waals surface area contributed by atoms with Gasteiger partial charge in [0.25, 0.3) is 0 Å². The fourth-order valence-electron chi connectivity index (χ4n) is 1.24. The summed E-state index contributed by atoms with van der Waals surface area (Å²) in [5.74, 6) is 0. The van der Waals surface area contributed by atoms with Crippen molar-refractivity contribution in [3.8, 4) is 0 Å². The van der Waals surface area contributed by atoms with Crippen LogP contribution in [0.4, 0.5) is 5.13 Å². The maximum Gasteiger partial charge on any atom is 0.182 e. The third kappa shape index (κ3) is 2.33. The standard InChI is InChI=1S/C10H12N2S2/c1-11-10-12-8(7-14-10)4-5-9-3-2-6-13-9/h2-3,6-7H,4-5H2,1H3,(H,11,12). The molecule has 0 saturated carbocycles. The summed E-state index contributed by atoms with van der Waals surface area (Å²) in [6.45, 7) is 0. The summed E-state index contributed by atoms with van der Waals surface area (Å²) in [6, 6.07) is 4.27. The van der Waals surface area contributed by atoms with E-state index in [-0.39, 0.29) is 0 Å². The van der Waals surface area contributed by atoms with Crippen LogP contribution in [-0.4, -0.2) is 12.0 Å². The molecular formula is C10H12N2S2. The Morgan fingerprint density at radius 1 is 1.36 bits per heavy atom. The zero-order valence-electron chi connectivity index (χ0n) is 7.99. The number of hydrogen-bond donors (Lipinski definition) is 1. The summed E-state index contributed by atoms with van der Waals surface area (Å²) in [4.78, 5) is 5.87. The third-order valence-corrected chi connectivity index (χ3v) is 3.82. The third-order valence-electron chi connectivity index (χ3n) is 1.97. The highest BCUT2D eigenvalue weighted by Crippen LogP contribution is 2.17. The quantitative estimate of drug-likeness (QED) is 0.863. The van der Waals surface area contributed by atoms with Gasteiger partial charge in [-0.1, -0.05) is 6.07 Å². The number of thiazole rings is 1. The Kier molecular flexibility index (Phi) is 3.16. The second-order valence-corrected chi connectivity index (χ2v) is 4.86. The molecule has 2 heterocycles. The van der Waals surface area contributed by atoms with Gasteiger partial charge in [0.05, 0.1) is 5.69 Å². The minimum atomic E-state index is 1.01. The van der Waals surface area contributed by atoms with Crippen molar-refractivity contribution in [2.24, 2.45) is 0 Å². The van der Waals surface area contributed by atoms with Crippen molar-refractivity contribution in [3.05, 3.63) is 33.5 Å². The summed E-state index contributed by atoms with van der Waals surface area (Å²) < 4.78 is 0. The molecule has 0 fully saturated rings. The Morgan fingerprint density at radius 2 is 2.29 bits per heavy atom. The van der Waals surface area contributed by atoms with Crippen LogP contribution in [0.25, 0.3) is 0 Å². The van der Waals surface area contributed by atoms with E-state index in [2.05, 4.69) is 33.2 Å². The molecule has 0 atom stereocenters. The number of rotatable bonds is 4. The molecule has 0 aliphatic rings. The Hall–Kier alpha value is -0.870. The van der Waals surface area contributed by atoms with E-state index in [0.717, 1.165) is 18.0 Å². The highest BCUT2D eigenvalue weighted by molar-refractivity contribution is 7.13. The van der Waals surface area contributed by atoms with Crippen molar-refractivity contribution in [2.45, 2.75) is 12.8 Å². The number of thiophene rings is 1. The summed E-state index contributed by atoms with van der Waals surface area (Å²) in [5, 5.41) is 8.30. The first kappa shape index (κ1) is 9.68. The first-order chi connectivity index (χ1) is 6.88. The molecule has 0 amide bonds. The molecule has 1 N–H and O–H groups in total. The minimum Gasteiger partial charge on any atom is -0.365 e. The molecule has 4 heteroatoms. The number of nitrogens with one attached hydrogen (secondary N) is 1. The van der Waals surface area contributed by atoms with Gasteiger partial charge in [-0.05, 0) is 24.3 Å². The number of hydrogen-bond acceptors (Lipinski definition) is 4. The van der Waals surface area contributed by atoms with Crippen LogP contribution in [0, 0.1) is 0 Å². The second-order valence-electron chi connectivity index (χ2n) is 2.97. The maximum atomic E-state index is 4.44. The lowest BCUT2D eigenvalue weighted by molar-refractivity contribution is 0.943. The van der Waals surface area contributed by atoms with Crippen LogP contribution in [0.5, 0.6) is 0 Å². The van der Waals surface area contributed by atoms with Crippen molar-refractivity contribution in [1.82, 2.24) is 4.98 Å². The van der Waals surface area contributed by atoms with Crippen LogP contribution < -0.4 is 5.32 Å². The number of nitrogens with zero attached hydrogens (tertiary/aromatic N) is 1. The lowest BCUT2D eigenvalue weighted by atomic mass is 10.2. The van der Waals surface area contributed by atoms with E-state index in [0.29, 0.717) is 0 Å². The van der Waals surface area contributed by atoms with Crippen molar-refractivity contribution < 1.29 is 0 Å². The molecule has 2 aromatic rings. The molecule has 0 aromatic carbocycles. The lowest BCUT2D eigenvalue weighted by Gasteiger charge is -1.93. The molecule has 0 unspecified atom stereocenters. The van der Waals surface area contributed by atoms with Crippen molar-refractivity contribution in [2.75, 3.05) is 12.4 Å². The van der Waals surface area contributed by atoms with Gasteiger partial charge >= 0.3 is 0 Å². The highest BCUT2D eigenvalue weighted by Gasteiger charge is 2.01. The van der Waals surface area contributed by atoms with Gasteiger partial charge in [0.1, 0.15) is 0 Å². The lowest BCUT2D eigenvalue weighted by Crippen LogP contribution is -1.91. The molecular weight excluding hydrogens is 212 g/mol. The zero-order chi connectivity index (χ0) is 9.80. The Bertz CT molecular complexity index is 378. The van der Waals surface area contributed by atoms with E-state index in [1.54, 1.807) is 11.3 Å². The van der Waals surface area contributed by atoms with Crippen LogP contribution in [-0.2, 0) is 12.8 Å². The Labute approximate surface area is 91.6 Å². The van der Waals surface area contributed by atoms with Crippen LogP contribution in [0.15, 0.2) is 22.9 Å². The molecule has 2 rings (SSSR count). The molecule has 0 bridgehead atoms. The van der Waals surface area contributed by atoms with Crippen LogP contribution in [0.3, 0.4) is 0 Å². The fourth-order valence-corrected chi connectivity index (χ4v) is 2.66. The largest absolute Gasteiger partial charge is 0.365 e. The number of aromatic nitrogens is 1. The summed E-state index contributed by atoms with van der Waals surface area (Å²) in [7, 11) is 1.90. The van der Waals surface area contributed by atoms with Crippen molar-refractivity contribution in [1.29, 1.82) is 0 Å². The predicted octanol–water partition coefficient (Wildman–Crippen LogP) is 3.03. The van der Waals surface area contributed by atoms with Gasteiger partial charge in [-0.3, -0.25) is 0 Å². The van der Waals surface area contributed by atoms with Gasteiger partial charge in [-0.15, -0.1) is 22.7 Å². The SMILES string of the molecule is CNc1nc(CCc2cccs2)cs1. The average Bonchev–Trinajstić information content (AvgIpc) is 2.86. The smallest absolute Gasteiger partial charge is 0.182 e. The van der Waals surface area contributed by atoms with Crippen molar-refractivity contribution >= 4 is 27.8 Å². The molecule has 14 heavy (non-hydrogen) atoms. The Morgan fingerprint density at radius 3 is 2.93 bits per heavy atom. The Balaban J connectivity index is 1.92. The van der Waals surface area contributed by atoms with E-state index < -0.39 is 0 Å². The predicted molar refractivity (Wildman–Crippen MR) is 63.4 cm³/mol. The van der Waals surface area contributed by atoms with E-state index in [1.165, 1.54) is 10.6 Å². The number of anilines is 1. The van der Waals surface area contributed by atoms with E-state index in [9.17, 15) is 0 Å². The van der Waals surface area contributed by atoms with E-state index in [4.69, 9.17) is 0 Å². The van der Waals surface area contributed by atoms with Gasteiger partial charge in [-0.2, -0.15) is 0 Å². The van der Waals surface area contributed by atoms with Gasteiger partial charge in [0.2, 0.25) is 0 Å². The number of aryl methyl sites for hydroxylation is 2. The van der Waals surface area contributed by atoms with Crippen LogP contribution >= 0.6 is 22.7 Å². The van der Waals surface area contributed by atoms with E-state index >= 15 is 0 Å². The molecule has 0 radical (unpaired) electrons. The maximum absolute atomic E-state index is 4.44. The van der Waals surface area contributed by atoms with Crippen LogP contribution in [0.2, 0.25) is 0 Å². The molecule has 74 valence electrons. The monoisotopic (exact) mass is 224 g/mol. The highest BCUT2D eigenvalue weighted by atomic mass is 32.1. The van der Waals surface area contributed by atoms with Gasteiger partial charge in [0, 0.05) is 17.3 Å². The summed E-state index contributed by atoms with van der Waals surface area (Å²) in [6.07, 6.45) is 2.14. The summed E-state index contributed by atoms with van der Waals surface area (Å²) in [5.41, 5.74) is 1.19. The first-order valence-electron chi connectivity index (χ1n) is 4.53. The molecule has 0 saturated heterocycles. The fraction of sp³-hybridized carbons (Fsp3) is 0.300. The molecule has 2 nitrogen and oxygen atoms in total. The van der Waals surface area contributed by atoms with Crippen LogP contribution in [0.1, 0.15) is 10.6 Å².